The Morgan fingerprint density at radius 3 is 2.47 bits per heavy atom. The van der Waals surface area contributed by atoms with Gasteiger partial charge in [0, 0.05) is 32.2 Å². The van der Waals surface area contributed by atoms with Crippen molar-refractivity contribution in [3.8, 4) is 5.69 Å². The highest BCUT2D eigenvalue weighted by atomic mass is 16.5. The zero-order valence-electron chi connectivity index (χ0n) is 18.7. The Hall–Kier alpha value is -2.71. The number of carbonyl (C=O) groups is 2. The maximum Gasteiger partial charge on any atom is 0.249 e. The summed E-state index contributed by atoms with van der Waals surface area (Å²) in [6.07, 6.45) is 0. The quantitative estimate of drug-likeness (QED) is 0.679. The highest BCUT2D eigenvalue weighted by Gasteiger charge is 2.23. The number of ether oxygens (including phenoxy) is 2. The van der Waals surface area contributed by atoms with Crippen molar-refractivity contribution in [2.75, 3.05) is 45.8 Å². The smallest absolute Gasteiger partial charge is 0.249 e. The highest BCUT2D eigenvalue weighted by molar-refractivity contribution is 5.94. The predicted octanol–water partition coefficient (Wildman–Crippen LogP) is 2.54. The third kappa shape index (κ3) is 6.14. The molecule has 164 valence electrons. The van der Waals surface area contributed by atoms with Crippen LogP contribution in [0.2, 0.25) is 0 Å². The van der Waals surface area contributed by atoms with Crippen LogP contribution in [-0.4, -0.2) is 67.0 Å². The molecular formula is C22H32N4O4. The van der Waals surface area contributed by atoms with Crippen molar-refractivity contribution < 1.29 is 19.1 Å². The van der Waals surface area contributed by atoms with E-state index in [0.717, 1.165) is 16.9 Å². The number of nitrogens with one attached hydrogen (secondary N) is 1. The largest absolute Gasteiger partial charge is 0.383 e. The average molecular weight is 417 g/mol. The number of nitrogens with zero attached hydrogens (tertiary/aromatic N) is 3. The van der Waals surface area contributed by atoms with Gasteiger partial charge in [-0.3, -0.25) is 9.59 Å². The summed E-state index contributed by atoms with van der Waals surface area (Å²) in [6.45, 7) is 8.64. The van der Waals surface area contributed by atoms with E-state index < -0.39 is 0 Å². The monoisotopic (exact) mass is 416 g/mol. The fraction of sp³-hybridized carbons (Fsp3) is 0.500. The lowest BCUT2D eigenvalue weighted by atomic mass is 9.92. The molecule has 8 heteroatoms. The summed E-state index contributed by atoms with van der Waals surface area (Å²) in [6, 6.07) is 9.72. The lowest BCUT2D eigenvalue weighted by Gasteiger charge is -2.21. The summed E-state index contributed by atoms with van der Waals surface area (Å²) in [7, 11) is 3.00. The third-order valence-electron chi connectivity index (χ3n) is 4.61. The summed E-state index contributed by atoms with van der Waals surface area (Å²) in [5.41, 5.74) is 2.59. The molecule has 0 saturated heterocycles. The number of aryl methyl sites for hydroxylation is 1. The number of benzene rings is 1. The molecule has 30 heavy (non-hydrogen) atoms. The maximum atomic E-state index is 12.8. The predicted molar refractivity (Wildman–Crippen MR) is 116 cm³/mol. The van der Waals surface area contributed by atoms with Crippen LogP contribution in [0.25, 0.3) is 5.69 Å². The summed E-state index contributed by atoms with van der Waals surface area (Å²) in [5, 5.41) is 7.66. The van der Waals surface area contributed by atoms with E-state index in [4.69, 9.17) is 14.6 Å². The molecule has 0 radical (unpaired) electrons. The molecule has 1 N–H and O–H groups in total. The minimum atomic E-state index is -0.314. The van der Waals surface area contributed by atoms with E-state index >= 15 is 0 Å². The Kier molecular flexibility index (Phi) is 8.14. The van der Waals surface area contributed by atoms with E-state index in [9.17, 15) is 9.59 Å². The van der Waals surface area contributed by atoms with Crippen molar-refractivity contribution in [2.45, 2.75) is 33.1 Å². The molecule has 1 aromatic heterocycles. The van der Waals surface area contributed by atoms with Crippen molar-refractivity contribution in [1.82, 2.24) is 14.7 Å². The molecule has 0 atom stereocenters. The van der Waals surface area contributed by atoms with Gasteiger partial charge in [0.15, 0.2) is 0 Å². The van der Waals surface area contributed by atoms with Gasteiger partial charge in [0.2, 0.25) is 11.8 Å². The number of hydrogen-bond acceptors (Lipinski definition) is 5. The number of methoxy groups -OCH3 is 2. The second-order valence-corrected chi connectivity index (χ2v) is 8.15. The van der Waals surface area contributed by atoms with Crippen LogP contribution in [0.1, 0.15) is 32.0 Å². The second kappa shape index (κ2) is 10.4. The Labute approximate surface area is 178 Å². The number of carbonyl (C=O) groups excluding carboxylic acids is 2. The first-order chi connectivity index (χ1) is 14.2. The molecule has 2 amide bonds. The van der Waals surface area contributed by atoms with Gasteiger partial charge in [0.05, 0.1) is 18.0 Å². The summed E-state index contributed by atoms with van der Waals surface area (Å²) in [5.74, 6) is -0.0247. The van der Waals surface area contributed by atoms with Crippen LogP contribution in [0, 0.1) is 6.92 Å². The molecule has 0 saturated carbocycles. The molecule has 0 spiro atoms. The average Bonchev–Trinajstić information content (AvgIpc) is 3.09. The van der Waals surface area contributed by atoms with Gasteiger partial charge >= 0.3 is 0 Å². The van der Waals surface area contributed by atoms with Gasteiger partial charge in [-0.15, -0.1) is 0 Å². The van der Waals surface area contributed by atoms with Gasteiger partial charge in [-0.1, -0.05) is 39.0 Å². The molecule has 1 heterocycles. The van der Waals surface area contributed by atoms with Crippen molar-refractivity contribution in [3.63, 3.8) is 0 Å². The van der Waals surface area contributed by atoms with Crippen molar-refractivity contribution >= 4 is 17.6 Å². The summed E-state index contributed by atoms with van der Waals surface area (Å²) in [4.78, 5) is 26.5. The molecule has 0 fully saturated rings. The fourth-order valence-electron chi connectivity index (χ4n) is 2.89. The van der Waals surface area contributed by atoms with Crippen molar-refractivity contribution in [1.29, 1.82) is 0 Å². The summed E-state index contributed by atoms with van der Waals surface area (Å²) < 4.78 is 11.7. The first kappa shape index (κ1) is 23.6. The molecular weight excluding hydrogens is 384 g/mol. The number of anilines is 1. The zero-order valence-corrected chi connectivity index (χ0v) is 18.7. The number of hydrogen-bond donors (Lipinski definition) is 1. The molecule has 2 aromatic rings. The number of rotatable bonds is 9. The molecule has 0 aliphatic rings. The van der Waals surface area contributed by atoms with E-state index in [1.165, 1.54) is 12.0 Å². The lowest BCUT2D eigenvalue weighted by Crippen LogP contribution is -2.41. The zero-order chi connectivity index (χ0) is 22.3. The highest BCUT2D eigenvalue weighted by Crippen LogP contribution is 2.27. The molecule has 1 aromatic carbocycles. The topological polar surface area (TPSA) is 85.7 Å². The Bertz CT molecular complexity index is 870. The maximum absolute atomic E-state index is 12.8. The van der Waals surface area contributed by atoms with Crippen LogP contribution in [-0.2, 0) is 24.5 Å². The van der Waals surface area contributed by atoms with E-state index in [2.05, 4.69) is 26.1 Å². The van der Waals surface area contributed by atoms with Gasteiger partial charge in [-0.05, 0) is 18.6 Å². The fourth-order valence-corrected chi connectivity index (χ4v) is 2.89. The Morgan fingerprint density at radius 1 is 1.17 bits per heavy atom. The van der Waals surface area contributed by atoms with Gasteiger partial charge in [0.25, 0.3) is 0 Å². The third-order valence-corrected chi connectivity index (χ3v) is 4.61. The van der Waals surface area contributed by atoms with E-state index in [0.29, 0.717) is 19.0 Å². The normalized spacial score (nSPS) is 11.4. The van der Waals surface area contributed by atoms with Gasteiger partial charge in [0.1, 0.15) is 19.0 Å². The first-order valence-corrected chi connectivity index (χ1v) is 9.89. The molecule has 0 aliphatic carbocycles. The minimum absolute atomic E-state index is 0.0910. The first-order valence-electron chi connectivity index (χ1n) is 9.89. The van der Waals surface area contributed by atoms with Crippen LogP contribution >= 0.6 is 0 Å². The molecule has 8 nitrogen and oxygen atoms in total. The van der Waals surface area contributed by atoms with E-state index in [1.807, 2.05) is 37.3 Å². The van der Waals surface area contributed by atoms with Crippen LogP contribution in [0.5, 0.6) is 0 Å². The van der Waals surface area contributed by atoms with Crippen molar-refractivity contribution in [2.24, 2.45) is 0 Å². The molecule has 0 unspecified atom stereocenters. The number of para-hydroxylation sites is 1. The Morgan fingerprint density at radius 2 is 1.87 bits per heavy atom. The Balaban J connectivity index is 2.29. The van der Waals surface area contributed by atoms with E-state index in [-0.39, 0.29) is 30.4 Å². The molecule has 2 rings (SSSR count). The molecule has 0 bridgehead atoms. The van der Waals surface area contributed by atoms with Gasteiger partial charge < -0.3 is 19.7 Å². The van der Waals surface area contributed by atoms with Crippen LogP contribution in [0.4, 0.5) is 5.82 Å². The number of amides is 2. The van der Waals surface area contributed by atoms with Crippen molar-refractivity contribution in [3.05, 3.63) is 41.6 Å². The van der Waals surface area contributed by atoms with Crippen LogP contribution in [0.15, 0.2) is 30.3 Å². The molecule has 0 aliphatic heterocycles. The van der Waals surface area contributed by atoms with Gasteiger partial charge in [-0.2, -0.15) is 5.10 Å². The standard InChI is InChI=1S/C22H32N4O4/c1-16-9-7-8-10-17(16)26-19(13-18(24-26)22(2,3)4)23-20(27)14-25(11-12-29-5)21(28)15-30-6/h7-10,13H,11-12,14-15H2,1-6H3,(H,23,27). The SMILES string of the molecule is COCCN(CC(=O)Nc1cc(C(C)(C)C)nn1-c1ccccc1C)C(=O)COC. The van der Waals surface area contributed by atoms with Crippen LogP contribution in [0.3, 0.4) is 0 Å². The lowest BCUT2D eigenvalue weighted by molar-refractivity contribution is -0.138. The minimum Gasteiger partial charge on any atom is -0.383 e. The second-order valence-electron chi connectivity index (χ2n) is 8.15. The summed E-state index contributed by atoms with van der Waals surface area (Å²) >= 11 is 0. The van der Waals surface area contributed by atoms with E-state index in [1.54, 1.807) is 11.8 Å². The number of aromatic nitrogens is 2. The van der Waals surface area contributed by atoms with Crippen LogP contribution < -0.4 is 5.32 Å². The van der Waals surface area contributed by atoms with Gasteiger partial charge in [-0.25, -0.2) is 4.68 Å².